The number of hydrogen-bond acceptors (Lipinski definition) is 3. The topological polar surface area (TPSA) is 59.4 Å². The highest BCUT2D eigenvalue weighted by Crippen LogP contribution is 2.13. The predicted octanol–water partition coefficient (Wildman–Crippen LogP) is 1.22. The number of carboxylic acids is 1. The SMILES string of the molecule is COc1ncc(C#CCC(=O)O)cc1C. The third kappa shape index (κ3) is 3.31. The number of aliphatic carboxylic acids is 1. The maximum atomic E-state index is 10.2. The number of hydrogen-bond donors (Lipinski definition) is 1. The summed E-state index contributed by atoms with van der Waals surface area (Å²) in [6, 6.07) is 1.81. The minimum atomic E-state index is -0.930. The molecule has 0 saturated carbocycles. The summed E-state index contributed by atoms with van der Waals surface area (Å²) in [6.07, 6.45) is 1.39. The highest BCUT2D eigenvalue weighted by molar-refractivity contribution is 5.70. The zero-order valence-electron chi connectivity index (χ0n) is 8.57. The molecule has 4 heteroatoms. The molecule has 78 valence electrons. The van der Waals surface area contributed by atoms with Crippen molar-refractivity contribution >= 4 is 5.97 Å². The fraction of sp³-hybridized carbons (Fsp3) is 0.273. The van der Waals surface area contributed by atoms with Gasteiger partial charge in [0.2, 0.25) is 5.88 Å². The molecular formula is C11H11NO3. The maximum Gasteiger partial charge on any atom is 0.315 e. The summed E-state index contributed by atoms with van der Waals surface area (Å²) in [5.41, 5.74) is 1.56. The number of pyridine rings is 1. The molecule has 0 radical (unpaired) electrons. The van der Waals surface area contributed by atoms with E-state index in [-0.39, 0.29) is 6.42 Å². The summed E-state index contributed by atoms with van der Waals surface area (Å²) in [5, 5.41) is 8.39. The van der Waals surface area contributed by atoms with Crippen molar-refractivity contribution in [2.75, 3.05) is 7.11 Å². The summed E-state index contributed by atoms with van der Waals surface area (Å²) in [6.45, 7) is 1.86. The smallest absolute Gasteiger partial charge is 0.315 e. The Morgan fingerprint density at radius 2 is 2.40 bits per heavy atom. The molecule has 0 aliphatic rings. The number of aromatic nitrogens is 1. The fourth-order valence-corrected chi connectivity index (χ4v) is 1.07. The Morgan fingerprint density at radius 1 is 1.67 bits per heavy atom. The average Bonchev–Trinajstić information content (AvgIpc) is 2.17. The summed E-state index contributed by atoms with van der Waals surface area (Å²) in [7, 11) is 1.55. The van der Waals surface area contributed by atoms with Crippen LogP contribution in [0.5, 0.6) is 5.88 Å². The Bertz CT molecular complexity index is 429. The molecular weight excluding hydrogens is 194 g/mol. The molecule has 0 aromatic carbocycles. The van der Waals surface area contributed by atoms with Gasteiger partial charge in [0.1, 0.15) is 6.42 Å². The van der Waals surface area contributed by atoms with E-state index in [1.165, 1.54) is 0 Å². The lowest BCUT2D eigenvalue weighted by Gasteiger charge is -2.01. The molecule has 0 unspecified atom stereocenters. The molecule has 0 amide bonds. The maximum absolute atomic E-state index is 10.2. The average molecular weight is 205 g/mol. The number of methoxy groups -OCH3 is 1. The summed E-state index contributed by atoms with van der Waals surface area (Å²) >= 11 is 0. The number of rotatable bonds is 2. The lowest BCUT2D eigenvalue weighted by molar-refractivity contribution is -0.135. The Morgan fingerprint density at radius 3 is 2.93 bits per heavy atom. The fourth-order valence-electron chi connectivity index (χ4n) is 1.07. The van der Waals surface area contributed by atoms with Crippen LogP contribution in [0.4, 0.5) is 0 Å². The number of aryl methyl sites for hydroxylation is 1. The van der Waals surface area contributed by atoms with Gasteiger partial charge in [-0.2, -0.15) is 0 Å². The van der Waals surface area contributed by atoms with Gasteiger partial charge in [-0.25, -0.2) is 4.98 Å². The first kappa shape index (κ1) is 11.1. The molecule has 1 N–H and O–H groups in total. The quantitative estimate of drug-likeness (QED) is 0.737. The molecule has 15 heavy (non-hydrogen) atoms. The zero-order chi connectivity index (χ0) is 11.3. The molecule has 0 fully saturated rings. The van der Waals surface area contributed by atoms with Gasteiger partial charge in [-0.1, -0.05) is 11.8 Å². The van der Waals surface area contributed by atoms with E-state index in [0.717, 1.165) is 5.56 Å². The highest BCUT2D eigenvalue weighted by Gasteiger charge is 1.99. The van der Waals surface area contributed by atoms with Crippen molar-refractivity contribution in [3.05, 3.63) is 23.4 Å². The number of carbonyl (C=O) groups is 1. The van der Waals surface area contributed by atoms with Crippen molar-refractivity contribution in [3.8, 4) is 17.7 Å². The Kier molecular flexibility index (Phi) is 3.69. The van der Waals surface area contributed by atoms with E-state index in [2.05, 4.69) is 16.8 Å². The van der Waals surface area contributed by atoms with E-state index < -0.39 is 5.97 Å². The van der Waals surface area contributed by atoms with E-state index >= 15 is 0 Å². The normalized spacial score (nSPS) is 8.93. The van der Waals surface area contributed by atoms with E-state index in [4.69, 9.17) is 9.84 Å². The standard InChI is InChI=1S/C11H11NO3/c1-8-6-9(4-3-5-10(13)14)7-12-11(8)15-2/h6-7H,5H2,1-2H3,(H,13,14). The van der Waals surface area contributed by atoms with Crippen LogP contribution in [0.15, 0.2) is 12.3 Å². The first-order valence-corrected chi connectivity index (χ1v) is 4.35. The zero-order valence-corrected chi connectivity index (χ0v) is 8.57. The highest BCUT2D eigenvalue weighted by atomic mass is 16.5. The van der Waals surface area contributed by atoms with Gasteiger partial charge in [-0.3, -0.25) is 4.79 Å². The Labute approximate surface area is 87.9 Å². The van der Waals surface area contributed by atoms with Gasteiger partial charge < -0.3 is 9.84 Å². The minimum absolute atomic E-state index is 0.162. The van der Waals surface area contributed by atoms with E-state index in [9.17, 15) is 4.79 Å². The van der Waals surface area contributed by atoms with Gasteiger partial charge >= 0.3 is 5.97 Å². The van der Waals surface area contributed by atoms with E-state index in [1.54, 1.807) is 19.4 Å². The third-order valence-electron chi connectivity index (χ3n) is 1.70. The molecule has 1 rings (SSSR count). The van der Waals surface area contributed by atoms with Crippen LogP contribution >= 0.6 is 0 Å². The largest absolute Gasteiger partial charge is 0.481 e. The predicted molar refractivity (Wildman–Crippen MR) is 54.7 cm³/mol. The minimum Gasteiger partial charge on any atom is -0.481 e. The van der Waals surface area contributed by atoms with Crippen LogP contribution in [0.1, 0.15) is 17.5 Å². The summed E-state index contributed by atoms with van der Waals surface area (Å²) in [4.78, 5) is 14.2. The third-order valence-corrected chi connectivity index (χ3v) is 1.70. The van der Waals surface area contributed by atoms with Crippen molar-refractivity contribution in [2.24, 2.45) is 0 Å². The molecule has 1 aromatic heterocycles. The second kappa shape index (κ2) is 5.01. The summed E-state index contributed by atoms with van der Waals surface area (Å²) < 4.78 is 4.99. The van der Waals surface area contributed by atoms with Crippen molar-refractivity contribution < 1.29 is 14.6 Å². The Hall–Kier alpha value is -2.02. The summed E-state index contributed by atoms with van der Waals surface area (Å²) in [5.74, 6) is 4.88. The molecule has 0 aliphatic heterocycles. The molecule has 0 aliphatic carbocycles. The van der Waals surface area contributed by atoms with Crippen molar-refractivity contribution in [1.29, 1.82) is 0 Å². The van der Waals surface area contributed by atoms with Gasteiger partial charge in [0.25, 0.3) is 0 Å². The lowest BCUT2D eigenvalue weighted by atomic mass is 10.2. The van der Waals surface area contributed by atoms with Crippen molar-refractivity contribution in [2.45, 2.75) is 13.3 Å². The molecule has 4 nitrogen and oxygen atoms in total. The molecule has 0 atom stereocenters. The van der Waals surface area contributed by atoms with Crippen LogP contribution in [-0.4, -0.2) is 23.2 Å². The van der Waals surface area contributed by atoms with Gasteiger partial charge in [0.05, 0.1) is 7.11 Å². The number of ether oxygens (including phenoxy) is 1. The van der Waals surface area contributed by atoms with Gasteiger partial charge in [-0.15, -0.1) is 0 Å². The second-order valence-electron chi connectivity index (χ2n) is 2.92. The van der Waals surface area contributed by atoms with Gasteiger partial charge in [0.15, 0.2) is 0 Å². The first-order valence-electron chi connectivity index (χ1n) is 4.35. The Balaban J connectivity index is 2.82. The number of carboxylic acid groups (broad SMARTS) is 1. The van der Waals surface area contributed by atoms with E-state index in [1.807, 2.05) is 6.92 Å². The van der Waals surface area contributed by atoms with Gasteiger partial charge in [0, 0.05) is 17.3 Å². The van der Waals surface area contributed by atoms with Crippen LogP contribution in [0, 0.1) is 18.8 Å². The molecule has 0 saturated heterocycles. The monoisotopic (exact) mass is 205 g/mol. The van der Waals surface area contributed by atoms with E-state index in [0.29, 0.717) is 11.4 Å². The molecule has 1 aromatic rings. The molecule has 1 heterocycles. The van der Waals surface area contributed by atoms with Crippen LogP contribution in [0.25, 0.3) is 0 Å². The van der Waals surface area contributed by atoms with Gasteiger partial charge in [-0.05, 0) is 13.0 Å². The molecule has 0 spiro atoms. The first-order chi connectivity index (χ1) is 7.13. The van der Waals surface area contributed by atoms with Crippen LogP contribution in [0.3, 0.4) is 0 Å². The lowest BCUT2D eigenvalue weighted by Crippen LogP contribution is -1.92. The van der Waals surface area contributed by atoms with Crippen molar-refractivity contribution in [1.82, 2.24) is 4.98 Å². The second-order valence-corrected chi connectivity index (χ2v) is 2.92. The van der Waals surface area contributed by atoms with Crippen LogP contribution in [0.2, 0.25) is 0 Å². The van der Waals surface area contributed by atoms with Crippen LogP contribution < -0.4 is 4.74 Å². The van der Waals surface area contributed by atoms with Crippen molar-refractivity contribution in [3.63, 3.8) is 0 Å². The number of nitrogens with zero attached hydrogens (tertiary/aromatic N) is 1. The molecule has 0 bridgehead atoms. The van der Waals surface area contributed by atoms with Crippen LogP contribution in [-0.2, 0) is 4.79 Å².